The SMILES string of the molecule is CCOC(=O)c1ccccc1NC1CSCC(C)(C)C1. The number of hydrogen-bond donors (Lipinski definition) is 1. The molecule has 1 aliphatic heterocycles. The molecule has 1 atom stereocenters. The monoisotopic (exact) mass is 293 g/mol. The maximum absolute atomic E-state index is 12.0. The quantitative estimate of drug-likeness (QED) is 0.857. The smallest absolute Gasteiger partial charge is 0.340 e. The third-order valence-electron chi connectivity index (χ3n) is 3.39. The Bertz CT molecular complexity index is 473. The van der Waals surface area contributed by atoms with Crippen molar-refractivity contribution in [3.05, 3.63) is 29.8 Å². The molecule has 2 rings (SSSR count). The number of esters is 1. The summed E-state index contributed by atoms with van der Waals surface area (Å²) in [6.45, 7) is 6.82. The number of hydrogen-bond acceptors (Lipinski definition) is 4. The Kier molecular flexibility index (Phi) is 4.97. The summed E-state index contributed by atoms with van der Waals surface area (Å²) in [6.07, 6.45) is 1.12. The second kappa shape index (κ2) is 6.53. The van der Waals surface area contributed by atoms with Gasteiger partial charge in [-0.25, -0.2) is 4.79 Å². The average molecular weight is 293 g/mol. The molecule has 0 spiro atoms. The van der Waals surface area contributed by atoms with Gasteiger partial charge < -0.3 is 10.1 Å². The highest BCUT2D eigenvalue weighted by molar-refractivity contribution is 7.99. The molecule has 1 aromatic rings. The minimum absolute atomic E-state index is 0.252. The number of para-hydroxylation sites is 1. The van der Waals surface area contributed by atoms with E-state index in [4.69, 9.17) is 4.74 Å². The van der Waals surface area contributed by atoms with Gasteiger partial charge in [-0.3, -0.25) is 0 Å². The molecule has 1 unspecified atom stereocenters. The number of rotatable bonds is 4. The van der Waals surface area contributed by atoms with Gasteiger partial charge in [0, 0.05) is 17.5 Å². The van der Waals surface area contributed by atoms with E-state index in [0.29, 0.717) is 23.6 Å². The Labute approximate surface area is 125 Å². The number of benzene rings is 1. The molecule has 20 heavy (non-hydrogen) atoms. The van der Waals surface area contributed by atoms with Crippen molar-refractivity contribution in [2.24, 2.45) is 5.41 Å². The maximum Gasteiger partial charge on any atom is 0.340 e. The molecule has 0 bridgehead atoms. The number of carbonyl (C=O) groups excluding carboxylic acids is 1. The van der Waals surface area contributed by atoms with Crippen LogP contribution < -0.4 is 5.32 Å². The van der Waals surface area contributed by atoms with E-state index >= 15 is 0 Å². The molecule has 1 fully saturated rings. The van der Waals surface area contributed by atoms with Gasteiger partial charge in [0.1, 0.15) is 0 Å². The summed E-state index contributed by atoms with van der Waals surface area (Å²) in [5.74, 6) is 2.03. The standard InChI is InChI=1S/C16H23NO2S/c1-4-19-15(18)13-7-5-6-8-14(13)17-12-9-16(2,3)11-20-10-12/h5-8,12,17H,4,9-11H2,1-3H3. The zero-order chi connectivity index (χ0) is 14.6. The van der Waals surface area contributed by atoms with Crippen molar-refractivity contribution in [2.75, 3.05) is 23.4 Å². The molecular formula is C16H23NO2S. The topological polar surface area (TPSA) is 38.3 Å². The van der Waals surface area contributed by atoms with Gasteiger partial charge in [-0.15, -0.1) is 0 Å². The molecule has 1 N–H and O–H groups in total. The van der Waals surface area contributed by atoms with Crippen LogP contribution in [0.1, 0.15) is 37.6 Å². The highest BCUT2D eigenvalue weighted by atomic mass is 32.2. The summed E-state index contributed by atoms with van der Waals surface area (Å²) in [4.78, 5) is 12.0. The first-order chi connectivity index (χ1) is 9.52. The van der Waals surface area contributed by atoms with Crippen LogP contribution in [0.5, 0.6) is 0 Å². The Morgan fingerprint density at radius 1 is 1.45 bits per heavy atom. The minimum Gasteiger partial charge on any atom is -0.462 e. The fraction of sp³-hybridized carbons (Fsp3) is 0.562. The van der Waals surface area contributed by atoms with Crippen LogP contribution in [0.3, 0.4) is 0 Å². The molecule has 0 aliphatic carbocycles. The van der Waals surface area contributed by atoms with Gasteiger partial charge in [-0.2, -0.15) is 11.8 Å². The van der Waals surface area contributed by atoms with Crippen molar-refractivity contribution in [1.82, 2.24) is 0 Å². The van der Waals surface area contributed by atoms with Crippen LogP contribution in [0.2, 0.25) is 0 Å². The Morgan fingerprint density at radius 3 is 2.90 bits per heavy atom. The number of anilines is 1. The van der Waals surface area contributed by atoms with E-state index in [0.717, 1.165) is 17.9 Å². The van der Waals surface area contributed by atoms with E-state index in [9.17, 15) is 4.79 Å². The normalized spacial score (nSPS) is 21.2. The molecule has 0 radical (unpaired) electrons. The minimum atomic E-state index is -0.252. The van der Waals surface area contributed by atoms with Crippen LogP contribution in [-0.2, 0) is 4.74 Å². The largest absolute Gasteiger partial charge is 0.462 e. The number of thioether (sulfide) groups is 1. The van der Waals surface area contributed by atoms with Gasteiger partial charge in [0.25, 0.3) is 0 Å². The third-order valence-corrected chi connectivity index (χ3v) is 5.02. The summed E-state index contributed by atoms with van der Waals surface area (Å²) >= 11 is 1.98. The average Bonchev–Trinajstić information content (AvgIpc) is 2.38. The van der Waals surface area contributed by atoms with Gasteiger partial charge in [-0.1, -0.05) is 26.0 Å². The van der Waals surface area contributed by atoms with Gasteiger partial charge >= 0.3 is 5.97 Å². The first-order valence-electron chi connectivity index (χ1n) is 7.12. The first kappa shape index (κ1) is 15.2. The summed E-state index contributed by atoms with van der Waals surface area (Å²) in [5.41, 5.74) is 1.86. The molecular weight excluding hydrogens is 270 g/mol. The molecule has 1 aliphatic rings. The predicted molar refractivity (Wildman–Crippen MR) is 85.5 cm³/mol. The van der Waals surface area contributed by atoms with Gasteiger partial charge in [-0.05, 0) is 36.6 Å². The highest BCUT2D eigenvalue weighted by Gasteiger charge is 2.29. The van der Waals surface area contributed by atoms with Crippen LogP contribution in [-0.4, -0.2) is 30.1 Å². The summed E-state index contributed by atoms with van der Waals surface area (Å²) in [7, 11) is 0. The molecule has 3 nitrogen and oxygen atoms in total. The zero-order valence-corrected chi connectivity index (χ0v) is 13.3. The zero-order valence-electron chi connectivity index (χ0n) is 12.4. The molecule has 110 valence electrons. The van der Waals surface area contributed by atoms with E-state index in [1.54, 1.807) is 0 Å². The third kappa shape index (κ3) is 3.92. The molecule has 1 heterocycles. The van der Waals surface area contributed by atoms with E-state index in [-0.39, 0.29) is 5.97 Å². The second-order valence-corrected chi connectivity index (χ2v) is 7.02. The molecule has 0 aromatic heterocycles. The maximum atomic E-state index is 12.0. The van der Waals surface area contributed by atoms with Crippen molar-refractivity contribution >= 4 is 23.4 Å². The van der Waals surface area contributed by atoms with Crippen LogP contribution in [0.25, 0.3) is 0 Å². The second-order valence-electron chi connectivity index (χ2n) is 5.99. The van der Waals surface area contributed by atoms with Crippen LogP contribution in [0, 0.1) is 5.41 Å². The Morgan fingerprint density at radius 2 is 2.20 bits per heavy atom. The molecule has 1 aromatic carbocycles. The van der Waals surface area contributed by atoms with Gasteiger partial charge in [0.2, 0.25) is 0 Å². The number of ether oxygens (including phenoxy) is 1. The van der Waals surface area contributed by atoms with E-state index in [1.807, 2.05) is 43.0 Å². The van der Waals surface area contributed by atoms with Crippen molar-refractivity contribution in [2.45, 2.75) is 33.2 Å². The predicted octanol–water partition coefficient (Wildman–Crippen LogP) is 3.81. The van der Waals surface area contributed by atoms with Crippen molar-refractivity contribution in [3.8, 4) is 0 Å². The fourth-order valence-electron chi connectivity index (χ4n) is 2.57. The lowest BCUT2D eigenvalue weighted by molar-refractivity contribution is 0.0527. The van der Waals surface area contributed by atoms with Crippen molar-refractivity contribution in [3.63, 3.8) is 0 Å². The lowest BCUT2D eigenvalue weighted by atomic mass is 9.87. The van der Waals surface area contributed by atoms with Crippen molar-refractivity contribution < 1.29 is 9.53 Å². The summed E-state index contributed by atoms with van der Waals surface area (Å²) in [6, 6.07) is 8.00. The number of carbonyl (C=O) groups is 1. The van der Waals surface area contributed by atoms with E-state index in [2.05, 4.69) is 19.2 Å². The van der Waals surface area contributed by atoms with Crippen molar-refractivity contribution in [1.29, 1.82) is 0 Å². The summed E-state index contributed by atoms with van der Waals surface area (Å²) in [5, 5.41) is 3.52. The van der Waals surface area contributed by atoms with Crippen LogP contribution in [0.15, 0.2) is 24.3 Å². The van der Waals surface area contributed by atoms with Gasteiger partial charge in [0.05, 0.1) is 12.2 Å². The Balaban J connectivity index is 2.11. The lowest BCUT2D eigenvalue weighted by Gasteiger charge is -2.35. The first-order valence-corrected chi connectivity index (χ1v) is 8.28. The molecule has 0 amide bonds. The highest BCUT2D eigenvalue weighted by Crippen LogP contribution is 2.35. The summed E-state index contributed by atoms with van der Waals surface area (Å²) < 4.78 is 5.11. The molecule has 1 saturated heterocycles. The van der Waals surface area contributed by atoms with E-state index < -0.39 is 0 Å². The number of nitrogens with one attached hydrogen (secondary N) is 1. The van der Waals surface area contributed by atoms with Crippen LogP contribution >= 0.6 is 11.8 Å². The lowest BCUT2D eigenvalue weighted by Crippen LogP contribution is -2.35. The molecule has 0 saturated carbocycles. The molecule has 4 heteroatoms. The Hall–Kier alpha value is -1.16. The van der Waals surface area contributed by atoms with E-state index in [1.165, 1.54) is 5.75 Å². The fourth-order valence-corrected chi connectivity index (χ4v) is 3.84. The van der Waals surface area contributed by atoms with Crippen LogP contribution in [0.4, 0.5) is 5.69 Å². The van der Waals surface area contributed by atoms with Gasteiger partial charge in [0.15, 0.2) is 0 Å².